The number of carbonyl (C=O) groups excluding carboxylic acids is 1. The molecule has 3 rings (SSSR count). The number of aryl methyl sites for hydroxylation is 1. The van der Waals surface area contributed by atoms with E-state index in [0.29, 0.717) is 18.4 Å². The molecule has 2 amide bonds. The van der Waals surface area contributed by atoms with Crippen LogP contribution in [-0.4, -0.2) is 17.1 Å². The lowest BCUT2D eigenvalue weighted by molar-refractivity contribution is 0.253. The lowest BCUT2D eigenvalue weighted by Crippen LogP contribution is -2.39. The second-order valence-corrected chi connectivity index (χ2v) is 8.66. The standard InChI is InChI=1S/C25H33N3O/c1-16(2)19-11-9-12-20(17(3)4)24(19)28(25(26)29)14-18(5)22-15-27(6)23-13-8-7-10-21(22)23/h7-13,15-18H,14H2,1-6H3,(H2,26,29). The monoisotopic (exact) mass is 391 g/mol. The van der Waals surface area contributed by atoms with E-state index in [0.717, 1.165) is 5.69 Å². The highest BCUT2D eigenvalue weighted by Crippen LogP contribution is 2.37. The van der Waals surface area contributed by atoms with Gasteiger partial charge in [-0.15, -0.1) is 0 Å². The van der Waals surface area contributed by atoms with Crippen LogP contribution in [0.1, 0.15) is 69.1 Å². The van der Waals surface area contributed by atoms with E-state index in [9.17, 15) is 4.79 Å². The van der Waals surface area contributed by atoms with Crippen LogP contribution in [0.15, 0.2) is 48.7 Å². The van der Waals surface area contributed by atoms with Crippen molar-refractivity contribution >= 4 is 22.6 Å². The van der Waals surface area contributed by atoms with Crippen molar-refractivity contribution in [2.24, 2.45) is 12.8 Å². The molecule has 29 heavy (non-hydrogen) atoms. The van der Waals surface area contributed by atoms with E-state index in [1.807, 2.05) is 0 Å². The summed E-state index contributed by atoms with van der Waals surface area (Å²) < 4.78 is 2.15. The number of primary amides is 1. The molecule has 4 nitrogen and oxygen atoms in total. The van der Waals surface area contributed by atoms with Crippen molar-refractivity contribution in [3.8, 4) is 0 Å². The van der Waals surface area contributed by atoms with E-state index in [2.05, 4.69) is 94.9 Å². The Morgan fingerprint density at radius 3 is 2.07 bits per heavy atom. The highest BCUT2D eigenvalue weighted by molar-refractivity contribution is 5.93. The maximum Gasteiger partial charge on any atom is 0.319 e. The van der Waals surface area contributed by atoms with E-state index in [-0.39, 0.29) is 5.92 Å². The summed E-state index contributed by atoms with van der Waals surface area (Å²) in [6.07, 6.45) is 2.17. The Kier molecular flexibility index (Phi) is 6.02. The molecule has 1 heterocycles. The molecular formula is C25H33N3O. The summed E-state index contributed by atoms with van der Waals surface area (Å²) in [5.41, 5.74) is 11.7. The number of benzene rings is 2. The van der Waals surface area contributed by atoms with Gasteiger partial charge in [0.1, 0.15) is 0 Å². The molecule has 154 valence electrons. The summed E-state index contributed by atoms with van der Waals surface area (Å²) in [5.74, 6) is 0.755. The summed E-state index contributed by atoms with van der Waals surface area (Å²) in [5, 5.41) is 1.23. The van der Waals surface area contributed by atoms with Gasteiger partial charge in [0.15, 0.2) is 0 Å². The maximum atomic E-state index is 12.6. The second-order valence-electron chi connectivity index (χ2n) is 8.66. The minimum absolute atomic E-state index is 0.147. The highest BCUT2D eigenvalue weighted by Gasteiger charge is 2.25. The second kappa shape index (κ2) is 8.32. The Morgan fingerprint density at radius 1 is 0.931 bits per heavy atom. The van der Waals surface area contributed by atoms with Gasteiger partial charge in [-0.1, -0.05) is 71.0 Å². The number of fused-ring (bicyclic) bond motifs is 1. The Labute approximate surface area is 174 Å². The SMILES string of the molecule is CC(C)c1cccc(C(C)C)c1N(CC(C)c1cn(C)c2ccccc12)C(N)=O. The van der Waals surface area contributed by atoms with Gasteiger partial charge >= 0.3 is 6.03 Å². The minimum Gasteiger partial charge on any atom is -0.351 e. The molecule has 0 aliphatic rings. The smallest absolute Gasteiger partial charge is 0.319 e. The van der Waals surface area contributed by atoms with Crippen LogP contribution in [0.2, 0.25) is 0 Å². The largest absolute Gasteiger partial charge is 0.351 e. The normalized spacial score (nSPS) is 12.7. The zero-order valence-corrected chi connectivity index (χ0v) is 18.4. The number of para-hydroxylation sites is 2. The first-order valence-corrected chi connectivity index (χ1v) is 10.5. The number of hydrogen-bond acceptors (Lipinski definition) is 1. The van der Waals surface area contributed by atoms with Crippen LogP contribution in [0.4, 0.5) is 10.5 Å². The average Bonchev–Trinajstić information content (AvgIpc) is 3.02. The number of hydrogen-bond donors (Lipinski definition) is 1. The van der Waals surface area contributed by atoms with Crippen LogP contribution in [0.5, 0.6) is 0 Å². The molecule has 0 spiro atoms. The molecule has 4 heteroatoms. The molecule has 1 atom stereocenters. The van der Waals surface area contributed by atoms with Gasteiger partial charge in [0, 0.05) is 36.6 Å². The van der Waals surface area contributed by atoms with Crippen LogP contribution < -0.4 is 10.6 Å². The van der Waals surface area contributed by atoms with E-state index >= 15 is 0 Å². The van der Waals surface area contributed by atoms with E-state index in [1.165, 1.54) is 27.6 Å². The fraction of sp³-hybridized carbons (Fsp3) is 0.400. The predicted molar refractivity (Wildman–Crippen MR) is 123 cm³/mol. The molecule has 0 saturated carbocycles. The molecule has 1 unspecified atom stereocenters. The summed E-state index contributed by atoms with van der Waals surface area (Å²) in [6.45, 7) is 11.4. The zero-order chi connectivity index (χ0) is 21.3. The highest BCUT2D eigenvalue weighted by atomic mass is 16.2. The van der Waals surface area contributed by atoms with Crippen molar-refractivity contribution < 1.29 is 4.79 Å². The fourth-order valence-corrected chi connectivity index (χ4v) is 4.25. The zero-order valence-electron chi connectivity index (χ0n) is 18.4. The van der Waals surface area contributed by atoms with Crippen molar-refractivity contribution in [3.05, 3.63) is 65.4 Å². The summed E-state index contributed by atoms with van der Waals surface area (Å²) in [6, 6.07) is 14.3. The van der Waals surface area contributed by atoms with Crippen molar-refractivity contribution in [2.75, 3.05) is 11.4 Å². The third-order valence-corrected chi connectivity index (χ3v) is 5.79. The topological polar surface area (TPSA) is 51.3 Å². The molecule has 0 radical (unpaired) electrons. The molecule has 2 N–H and O–H groups in total. The van der Waals surface area contributed by atoms with Gasteiger partial charge in [0.25, 0.3) is 0 Å². The van der Waals surface area contributed by atoms with Gasteiger partial charge in [0.2, 0.25) is 0 Å². The van der Waals surface area contributed by atoms with E-state index in [4.69, 9.17) is 5.73 Å². The third kappa shape index (κ3) is 4.02. The molecule has 2 aromatic carbocycles. The van der Waals surface area contributed by atoms with Crippen molar-refractivity contribution in [1.82, 2.24) is 4.57 Å². The lowest BCUT2D eigenvalue weighted by Gasteiger charge is -2.30. The van der Waals surface area contributed by atoms with E-state index < -0.39 is 6.03 Å². The maximum absolute atomic E-state index is 12.6. The van der Waals surface area contributed by atoms with Crippen LogP contribution >= 0.6 is 0 Å². The summed E-state index contributed by atoms with van der Waals surface area (Å²) in [4.78, 5) is 14.4. The van der Waals surface area contributed by atoms with Crippen LogP contribution in [0.25, 0.3) is 10.9 Å². The molecule has 1 aromatic heterocycles. The Balaban J connectivity index is 2.07. The number of amides is 2. The number of aromatic nitrogens is 1. The number of anilines is 1. The summed E-state index contributed by atoms with van der Waals surface area (Å²) in [7, 11) is 2.06. The van der Waals surface area contributed by atoms with Crippen molar-refractivity contribution in [1.29, 1.82) is 0 Å². The molecule has 0 fully saturated rings. The van der Waals surface area contributed by atoms with Crippen LogP contribution in [0.3, 0.4) is 0 Å². The molecule has 0 saturated heterocycles. The Bertz CT molecular complexity index is 990. The summed E-state index contributed by atoms with van der Waals surface area (Å²) >= 11 is 0. The molecular weight excluding hydrogens is 358 g/mol. The van der Waals surface area contributed by atoms with Gasteiger partial charge < -0.3 is 10.3 Å². The number of carbonyl (C=O) groups is 1. The molecule has 3 aromatic rings. The first-order valence-electron chi connectivity index (χ1n) is 10.5. The number of rotatable bonds is 6. The Morgan fingerprint density at radius 2 is 1.52 bits per heavy atom. The van der Waals surface area contributed by atoms with Gasteiger partial charge in [-0.25, -0.2) is 4.79 Å². The lowest BCUT2D eigenvalue weighted by atomic mass is 9.91. The van der Waals surface area contributed by atoms with Crippen molar-refractivity contribution in [3.63, 3.8) is 0 Å². The quantitative estimate of drug-likeness (QED) is 0.541. The van der Waals surface area contributed by atoms with Gasteiger partial charge in [0.05, 0.1) is 5.69 Å². The molecule has 0 aliphatic heterocycles. The van der Waals surface area contributed by atoms with Gasteiger partial charge in [-0.05, 0) is 34.6 Å². The van der Waals surface area contributed by atoms with Crippen LogP contribution in [-0.2, 0) is 7.05 Å². The first kappa shape index (κ1) is 21.0. The fourth-order valence-electron chi connectivity index (χ4n) is 4.25. The van der Waals surface area contributed by atoms with Crippen LogP contribution in [0, 0.1) is 0 Å². The number of nitrogens with zero attached hydrogens (tertiary/aromatic N) is 2. The molecule has 0 bridgehead atoms. The Hall–Kier alpha value is -2.75. The van der Waals surface area contributed by atoms with E-state index in [1.54, 1.807) is 4.90 Å². The first-order chi connectivity index (χ1) is 13.7. The molecule has 0 aliphatic carbocycles. The van der Waals surface area contributed by atoms with Crippen molar-refractivity contribution in [2.45, 2.75) is 52.4 Å². The number of urea groups is 1. The minimum atomic E-state index is -0.396. The van der Waals surface area contributed by atoms with Gasteiger partial charge in [-0.2, -0.15) is 0 Å². The third-order valence-electron chi connectivity index (χ3n) is 5.79. The number of nitrogens with two attached hydrogens (primary N) is 1. The predicted octanol–water partition coefficient (Wildman–Crippen LogP) is 6.11. The van der Waals surface area contributed by atoms with Gasteiger partial charge in [-0.3, -0.25) is 4.90 Å². The average molecular weight is 392 g/mol.